The average Bonchev–Trinajstić information content (AvgIpc) is 2.79. The molecule has 3 aromatic rings. The van der Waals surface area contributed by atoms with Crippen LogP contribution in [0.15, 0.2) is 71.8 Å². The average molecular weight is 525 g/mol. The lowest BCUT2D eigenvalue weighted by molar-refractivity contribution is 0.0955. The molecule has 156 valence electrons. The number of ether oxygens (including phenoxy) is 2. The first-order valence-corrected chi connectivity index (χ1v) is 10.6. The Morgan fingerprint density at radius 3 is 2.48 bits per heavy atom. The topological polar surface area (TPSA) is 83.7 Å². The van der Waals surface area contributed by atoms with Gasteiger partial charge in [-0.25, -0.2) is 5.43 Å². The molecule has 0 unspecified atom stereocenters. The number of halogens is 1. The van der Waals surface area contributed by atoms with E-state index in [2.05, 4.69) is 39.2 Å². The van der Waals surface area contributed by atoms with Gasteiger partial charge in [0, 0.05) is 9.13 Å². The van der Waals surface area contributed by atoms with Crippen molar-refractivity contribution in [3.05, 3.63) is 92.6 Å². The predicted octanol–water partition coefficient (Wildman–Crippen LogP) is 4.90. The normalized spacial score (nSPS) is 10.5. The Labute approximate surface area is 194 Å². The van der Waals surface area contributed by atoms with Crippen LogP contribution in [0.1, 0.15) is 34.0 Å². The van der Waals surface area contributed by atoms with Gasteiger partial charge in [-0.05, 0) is 95.2 Å². The van der Waals surface area contributed by atoms with Crippen molar-refractivity contribution in [2.24, 2.45) is 5.10 Å². The minimum Gasteiger partial charge on any atom is -0.490 e. The lowest BCUT2D eigenvalue weighted by Gasteiger charge is -2.12. The van der Waals surface area contributed by atoms with E-state index < -0.39 is 0 Å². The van der Waals surface area contributed by atoms with Crippen LogP contribution in [0.4, 0.5) is 0 Å². The van der Waals surface area contributed by atoms with Gasteiger partial charge in [-0.3, -0.25) is 4.79 Å². The van der Waals surface area contributed by atoms with E-state index in [-0.39, 0.29) is 5.91 Å². The Balaban J connectivity index is 1.64. The number of carbonyl (C=O) groups is 1. The van der Waals surface area contributed by atoms with Gasteiger partial charge in [0.05, 0.1) is 24.5 Å². The van der Waals surface area contributed by atoms with Crippen LogP contribution in [0.25, 0.3) is 0 Å². The summed E-state index contributed by atoms with van der Waals surface area (Å²) in [5, 5.41) is 12.9. The predicted molar refractivity (Wildman–Crippen MR) is 127 cm³/mol. The molecule has 0 fully saturated rings. The van der Waals surface area contributed by atoms with E-state index in [0.29, 0.717) is 35.8 Å². The van der Waals surface area contributed by atoms with Crippen molar-refractivity contribution in [2.75, 3.05) is 6.61 Å². The SMILES string of the molecule is CCOc1cc(/C=N\NC(=O)c2ccc(I)cc2)ccc1OCc1ccc(C#N)cc1. The number of benzene rings is 3. The number of rotatable bonds is 8. The number of hydrogen-bond donors (Lipinski definition) is 1. The van der Waals surface area contributed by atoms with Crippen LogP contribution < -0.4 is 14.9 Å². The smallest absolute Gasteiger partial charge is 0.271 e. The van der Waals surface area contributed by atoms with Crippen molar-refractivity contribution < 1.29 is 14.3 Å². The molecule has 0 saturated carbocycles. The number of amides is 1. The zero-order chi connectivity index (χ0) is 22.1. The molecule has 1 N–H and O–H groups in total. The number of nitrogens with one attached hydrogen (secondary N) is 1. The first-order valence-electron chi connectivity index (χ1n) is 9.56. The molecule has 3 aromatic carbocycles. The summed E-state index contributed by atoms with van der Waals surface area (Å²) in [5.41, 5.74) is 5.38. The van der Waals surface area contributed by atoms with Crippen LogP contribution in [0, 0.1) is 14.9 Å². The molecule has 31 heavy (non-hydrogen) atoms. The molecule has 0 aliphatic rings. The Hall–Kier alpha value is -3.38. The van der Waals surface area contributed by atoms with E-state index in [1.165, 1.54) is 0 Å². The summed E-state index contributed by atoms with van der Waals surface area (Å²) in [6, 6.07) is 22.0. The van der Waals surface area contributed by atoms with Crippen molar-refractivity contribution in [3.63, 3.8) is 0 Å². The second kappa shape index (κ2) is 11.1. The van der Waals surface area contributed by atoms with Crippen LogP contribution in [0.5, 0.6) is 11.5 Å². The van der Waals surface area contributed by atoms with E-state index in [0.717, 1.165) is 14.7 Å². The van der Waals surface area contributed by atoms with Gasteiger partial charge < -0.3 is 9.47 Å². The van der Waals surface area contributed by atoms with Gasteiger partial charge in [-0.2, -0.15) is 10.4 Å². The highest BCUT2D eigenvalue weighted by Gasteiger charge is 2.07. The molecule has 0 bridgehead atoms. The third-order valence-corrected chi connectivity index (χ3v) is 4.95. The number of nitrogens with zero attached hydrogens (tertiary/aromatic N) is 2. The first-order chi connectivity index (χ1) is 15.1. The molecule has 0 atom stereocenters. The van der Waals surface area contributed by atoms with Crippen LogP contribution in [0.3, 0.4) is 0 Å². The lowest BCUT2D eigenvalue weighted by Crippen LogP contribution is -2.17. The molecular formula is C24H20IN3O3. The second-order valence-electron chi connectivity index (χ2n) is 6.44. The fourth-order valence-electron chi connectivity index (χ4n) is 2.66. The number of nitriles is 1. The van der Waals surface area contributed by atoms with E-state index in [1.54, 1.807) is 42.6 Å². The van der Waals surface area contributed by atoms with E-state index in [9.17, 15) is 4.79 Å². The van der Waals surface area contributed by atoms with Crippen molar-refractivity contribution in [1.29, 1.82) is 5.26 Å². The maximum absolute atomic E-state index is 12.1. The second-order valence-corrected chi connectivity index (χ2v) is 7.69. The Morgan fingerprint density at radius 2 is 1.81 bits per heavy atom. The maximum Gasteiger partial charge on any atom is 0.271 e. The monoisotopic (exact) mass is 525 g/mol. The van der Waals surface area contributed by atoms with Gasteiger partial charge in [0.2, 0.25) is 0 Å². The standard InChI is InChI=1S/C24H20IN3O3/c1-2-30-23-13-19(15-27-28-24(29)20-8-10-21(25)11-9-20)7-12-22(23)31-16-18-5-3-17(14-26)4-6-18/h3-13,15H,2,16H2,1H3,(H,28,29)/b27-15-. The fraction of sp³-hybridized carbons (Fsp3) is 0.125. The molecule has 0 saturated heterocycles. The zero-order valence-corrected chi connectivity index (χ0v) is 19.0. The van der Waals surface area contributed by atoms with E-state index in [1.807, 2.05) is 37.3 Å². The Morgan fingerprint density at radius 1 is 1.06 bits per heavy atom. The van der Waals surface area contributed by atoms with Crippen molar-refractivity contribution in [3.8, 4) is 17.6 Å². The number of carbonyl (C=O) groups excluding carboxylic acids is 1. The Bertz CT molecular complexity index is 1100. The van der Waals surface area contributed by atoms with E-state index in [4.69, 9.17) is 14.7 Å². The molecule has 6 nitrogen and oxygen atoms in total. The minimum atomic E-state index is -0.278. The van der Waals surface area contributed by atoms with Crippen LogP contribution in [-0.2, 0) is 6.61 Å². The quantitative estimate of drug-likeness (QED) is 0.258. The third-order valence-electron chi connectivity index (χ3n) is 4.23. The summed E-state index contributed by atoms with van der Waals surface area (Å²) in [4.78, 5) is 12.1. The van der Waals surface area contributed by atoms with Crippen LogP contribution in [0.2, 0.25) is 0 Å². The molecule has 0 spiro atoms. The molecule has 3 rings (SSSR count). The lowest BCUT2D eigenvalue weighted by atomic mass is 10.1. The van der Waals surface area contributed by atoms with Gasteiger partial charge >= 0.3 is 0 Å². The number of hydrazone groups is 1. The minimum absolute atomic E-state index is 0.278. The molecule has 0 radical (unpaired) electrons. The van der Waals surface area contributed by atoms with Crippen molar-refractivity contribution in [2.45, 2.75) is 13.5 Å². The zero-order valence-electron chi connectivity index (χ0n) is 16.8. The largest absolute Gasteiger partial charge is 0.490 e. The van der Waals surface area contributed by atoms with Crippen molar-refractivity contribution >= 4 is 34.7 Å². The highest BCUT2D eigenvalue weighted by atomic mass is 127. The van der Waals surface area contributed by atoms with Crippen LogP contribution in [-0.4, -0.2) is 18.7 Å². The fourth-order valence-corrected chi connectivity index (χ4v) is 3.02. The van der Waals surface area contributed by atoms with Crippen LogP contribution >= 0.6 is 22.6 Å². The van der Waals surface area contributed by atoms with Crippen molar-refractivity contribution in [1.82, 2.24) is 5.43 Å². The Kier molecular flexibility index (Phi) is 8.01. The number of hydrogen-bond acceptors (Lipinski definition) is 5. The van der Waals surface area contributed by atoms with Gasteiger partial charge in [0.1, 0.15) is 6.61 Å². The first kappa shape index (κ1) is 22.3. The third kappa shape index (κ3) is 6.55. The molecule has 0 heterocycles. The van der Waals surface area contributed by atoms with Gasteiger partial charge in [-0.15, -0.1) is 0 Å². The molecule has 0 aliphatic heterocycles. The molecule has 7 heteroatoms. The summed E-state index contributed by atoms with van der Waals surface area (Å²) >= 11 is 2.19. The molecule has 1 amide bonds. The van der Waals surface area contributed by atoms with Gasteiger partial charge in [-0.1, -0.05) is 12.1 Å². The highest BCUT2D eigenvalue weighted by Crippen LogP contribution is 2.29. The highest BCUT2D eigenvalue weighted by molar-refractivity contribution is 14.1. The summed E-state index contributed by atoms with van der Waals surface area (Å²) in [7, 11) is 0. The summed E-state index contributed by atoms with van der Waals surface area (Å²) in [6.07, 6.45) is 1.55. The van der Waals surface area contributed by atoms with E-state index >= 15 is 0 Å². The summed E-state index contributed by atoms with van der Waals surface area (Å²) < 4.78 is 12.6. The van der Waals surface area contributed by atoms with Gasteiger partial charge in [0.25, 0.3) is 5.91 Å². The van der Waals surface area contributed by atoms with Gasteiger partial charge in [0.15, 0.2) is 11.5 Å². The summed E-state index contributed by atoms with van der Waals surface area (Å²) in [6.45, 7) is 2.73. The molecule has 0 aromatic heterocycles. The molecular weight excluding hydrogens is 505 g/mol. The summed E-state index contributed by atoms with van der Waals surface area (Å²) in [5.74, 6) is 0.912. The maximum atomic E-state index is 12.1. The molecule has 0 aliphatic carbocycles.